The molecule has 0 bridgehead atoms. The van der Waals surface area contributed by atoms with Crippen LogP contribution in [0.25, 0.3) is 0 Å². The summed E-state index contributed by atoms with van der Waals surface area (Å²) in [6.45, 7) is 7.06. The quantitative estimate of drug-likeness (QED) is 0.827. The standard InChI is InChI=1S/C13H19N5O2/c1-4-14-10-6-5-9(16-17-10)11(19)18-8-7-15-12(20)13(18,2)3/h5-6H,4,7-8H2,1-3H3,(H,14,17)(H,15,20). The Bertz CT molecular complexity index is 512. The summed E-state index contributed by atoms with van der Waals surface area (Å²) in [6, 6.07) is 3.33. The molecule has 2 heterocycles. The van der Waals surface area contributed by atoms with E-state index in [9.17, 15) is 9.59 Å². The summed E-state index contributed by atoms with van der Waals surface area (Å²) in [7, 11) is 0. The molecule has 0 atom stereocenters. The number of carbonyl (C=O) groups excluding carboxylic acids is 2. The predicted molar refractivity (Wildman–Crippen MR) is 74.3 cm³/mol. The summed E-state index contributed by atoms with van der Waals surface area (Å²) in [5.41, 5.74) is -0.633. The van der Waals surface area contributed by atoms with Gasteiger partial charge in [0.15, 0.2) is 5.69 Å². The van der Waals surface area contributed by atoms with Crippen LogP contribution >= 0.6 is 0 Å². The minimum atomic E-state index is -0.878. The molecule has 1 fully saturated rings. The molecular formula is C13H19N5O2. The van der Waals surface area contributed by atoms with Gasteiger partial charge in [-0.1, -0.05) is 0 Å². The molecule has 7 heteroatoms. The van der Waals surface area contributed by atoms with Crippen LogP contribution in [0.5, 0.6) is 0 Å². The van der Waals surface area contributed by atoms with Crippen LogP contribution in [0.2, 0.25) is 0 Å². The summed E-state index contributed by atoms with van der Waals surface area (Å²) in [5.74, 6) is 0.189. The van der Waals surface area contributed by atoms with Crippen molar-refractivity contribution in [1.29, 1.82) is 0 Å². The van der Waals surface area contributed by atoms with Crippen LogP contribution in [-0.2, 0) is 4.79 Å². The van der Waals surface area contributed by atoms with Gasteiger partial charge in [0, 0.05) is 19.6 Å². The highest BCUT2D eigenvalue weighted by atomic mass is 16.2. The van der Waals surface area contributed by atoms with Gasteiger partial charge in [-0.2, -0.15) is 0 Å². The Morgan fingerprint density at radius 1 is 1.45 bits per heavy atom. The van der Waals surface area contributed by atoms with Gasteiger partial charge in [-0.3, -0.25) is 9.59 Å². The Morgan fingerprint density at radius 2 is 2.20 bits per heavy atom. The lowest BCUT2D eigenvalue weighted by Crippen LogP contribution is -2.63. The first-order valence-electron chi connectivity index (χ1n) is 6.64. The molecule has 0 aromatic carbocycles. The minimum Gasteiger partial charge on any atom is -0.369 e. The summed E-state index contributed by atoms with van der Waals surface area (Å²) in [4.78, 5) is 25.8. The number of aromatic nitrogens is 2. The summed E-state index contributed by atoms with van der Waals surface area (Å²) in [5, 5.41) is 13.6. The van der Waals surface area contributed by atoms with Crippen molar-refractivity contribution in [3.8, 4) is 0 Å². The number of rotatable bonds is 3. The zero-order valence-electron chi connectivity index (χ0n) is 11.9. The molecule has 2 rings (SSSR count). The third-order valence-electron chi connectivity index (χ3n) is 3.34. The van der Waals surface area contributed by atoms with E-state index in [1.165, 1.54) is 4.90 Å². The fraction of sp³-hybridized carbons (Fsp3) is 0.538. The number of nitrogens with one attached hydrogen (secondary N) is 2. The number of nitrogens with zero attached hydrogens (tertiary/aromatic N) is 3. The molecule has 1 aliphatic heterocycles. The number of hydrogen-bond acceptors (Lipinski definition) is 5. The van der Waals surface area contributed by atoms with Gasteiger partial charge in [0.1, 0.15) is 11.4 Å². The van der Waals surface area contributed by atoms with Crippen molar-refractivity contribution in [3.05, 3.63) is 17.8 Å². The van der Waals surface area contributed by atoms with Gasteiger partial charge in [0.05, 0.1) is 0 Å². The van der Waals surface area contributed by atoms with E-state index in [-0.39, 0.29) is 17.5 Å². The molecule has 0 aliphatic carbocycles. The molecule has 1 aromatic heterocycles. The molecule has 108 valence electrons. The number of amides is 2. The van der Waals surface area contributed by atoms with E-state index in [1.54, 1.807) is 26.0 Å². The van der Waals surface area contributed by atoms with E-state index in [1.807, 2.05) is 6.92 Å². The maximum atomic E-state index is 12.5. The van der Waals surface area contributed by atoms with Crippen LogP contribution in [0.1, 0.15) is 31.3 Å². The zero-order valence-corrected chi connectivity index (χ0v) is 11.9. The number of carbonyl (C=O) groups is 2. The van der Waals surface area contributed by atoms with Gasteiger partial charge in [0.2, 0.25) is 5.91 Å². The van der Waals surface area contributed by atoms with Crippen LogP contribution in [0.3, 0.4) is 0 Å². The second-order valence-corrected chi connectivity index (χ2v) is 5.11. The molecule has 2 amide bonds. The van der Waals surface area contributed by atoms with Crippen LogP contribution in [0.4, 0.5) is 5.82 Å². The minimum absolute atomic E-state index is 0.158. The Morgan fingerprint density at radius 3 is 2.80 bits per heavy atom. The number of hydrogen-bond donors (Lipinski definition) is 2. The molecule has 2 N–H and O–H groups in total. The Hall–Kier alpha value is -2.18. The molecule has 1 aliphatic rings. The lowest BCUT2D eigenvalue weighted by molar-refractivity contribution is -0.133. The molecule has 0 spiro atoms. The molecule has 0 unspecified atom stereocenters. The second-order valence-electron chi connectivity index (χ2n) is 5.11. The smallest absolute Gasteiger partial charge is 0.275 e. The van der Waals surface area contributed by atoms with Gasteiger partial charge in [-0.25, -0.2) is 0 Å². The molecule has 1 saturated heterocycles. The van der Waals surface area contributed by atoms with E-state index in [4.69, 9.17) is 0 Å². The Labute approximate surface area is 117 Å². The van der Waals surface area contributed by atoms with Crippen molar-refractivity contribution in [2.24, 2.45) is 0 Å². The van der Waals surface area contributed by atoms with E-state index in [0.717, 1.165) is 6.54 Å². The predicted octanol–water partition coefficient (Wildman–Crippen LogP) is 0.259. The average Bonchev–Trinajstić information content (AvgIpc) is 2.42. The molecular weight excluding hydrogens is 258 g/mol. The maximum Gasteiger partial charge on any atom is 0.275 e. The molecule has 20 heavy (non-hydrogen) atoms. The highest BCUT2D eigenvalue weighted by Crippen LogP contribution is 2.20. The van der Waals surface area contributed by atoms with Gasteiger partial charge < -0.3 is 15.5 Å². The largest absolute Gasteiger partial charge is 0.369 e. The summed E-state index contributed by atoms with van der Waals surface area (Å²) in [6.07, 6.45) is 0. The molecule has 0 radical (unpaired) electrons. The van der Waals surface area contributed by atoms with Gasteiger partial charge in [0.25, 0.3) is 5.91 Å². The monoisotopic (exact) mass is 277 g/mol. The summed E-state index contributed by atoms with van der Waals surface area (Å²) < 4.78 is 0. The Kier molecular flexibility index (Phi) is 3.87. The van der Waals surface area contributed by atoms with Crippen molar-refractivity contribution in [2.75, 3.05) is 25.0 Å². The Balaban J connectivity index is 2.20. The second kappa shape index (κ2) is 5.44. The van der Waals surface area contributed by atoms with Crippen LogP contribution in [0, 0.1) is 0 Å². The molecule has 7 nitrogen and oxygen atoms in total. The third-order valence-corrected chi connectivity index (χ3v) is 3.34. The molecule has 1 aromatic rings. The topological polar surface area (TPSA) is 87.2 Å². The zero-order chi connectivity index (χ0) is 14.8. The highest BCUT2D eigenvalue weighted by Gasteiger charge is 2.41. The molecule has 0 saturated carbocycles. The van der Waals surface area contributed by atoms with Crippen LogP contribution in [0.15, 0.2) is 12.1 Å². The van der Waals surface area contributed by atoms with Crippen LogP contribution in [-0.4, -0.2) is 52.1 Å². The number of anilines is 1. The van der Waals surface area contributed by atoms with Gasteiger partial charge >= 0.3 is 0 Å². The number of piperazine rings is 1. The third kappa shape index (κ3) is 2.56. The SMILES string of the molecule is CCNc1ccc(C(=O)N2CCNC(=O)C2(C)C)nn1. The van der Waals surface area contributed by atoms with E-state index >= 15 is 0 Å². The van der Waals surface area contributed by atoms with Crippen molar-refractivity contribution in [2.45, 2.75) is 26.3 Å². The first-order valence-corrected chi connectivity index (χ1v) is 6.64. The van der Waals surface area contributed by atoms with Crippen molar-refractivity contribution in [1.82, 2.24) is 20.4 Å². The van der Waals surface area contributed by atoms with E-state index < -0.39 is 5.54 Å². The van der Waals surface area contributed by atoms with E-state index in [2.05, 4.69) is 20.8 Å². The lowest BCUT2D eigenvalue weighted by Gasteiger charge is -2.40. The van der Waals surface area contributed by atoms with Gasteiger partial charge in [-0.15, -0.1) is 10.2 Å². The average molecular weight is 277 g/mol. The highest BCUT2D eigenvalue weighted by molar-refractivity contribution is 5.98. The normalized spacial score (nSPS) is 17.6. The van der Waals surface area contributed by atoms with Crippen LogP contribution < -0.4 is 10.6 Å². The van der Waals surface area contributed by atoms with Crippen molar-refractivity contribution < 1.29 is 9.59 Å². The van der Waals surface area contributed by atoms with Crippen molar-refractivity contribution in [3.63, 3.8) is 0 Å². The fourth-order valence-electron chi connectivity index (χ4n) is 2.12. The fourth-order valence-corrected chi connectivity index (χ4v) is 2.12. The maximum absolute atomic E-state index is 12.5. The van der Waals surface area contributed by atoms with Gasteiger partial charge in [-0.05, 0) is 32.9 Å². The summed E-state index contributed by atoms with van der Waals surface area (Å²) >= 11 is 0. The lowest BCUT2D eigenvalue weighted by atomic mass is 9.98. The first-order chi connectivity index (χ1) is 9.46. The first kappa shape index (κ1) is 14.2. The van der Waals surface area contributed by atoms with Crippen molar-refractivity contribution >= 4 is 17.6 Å². The van der Waals surface area contributed by atoms with E-state index in [0.29, 0.717) is 18.9 Å².